The maximum absolute atomic E-state index is 11.5. The van der Waals surface area contributed by atoms with Crippen LogP contribution in [0.4, 0.5) is 0 Å². The van der Waals surface area contributed by atoms with Crippen molar-refractivity contribution < 1.29 is 18.1 Å². The molecule has 0 aliphatic carbocycles. The third-order valence-electron chi connectivity index (χ3n) is 1.51. The summed E-state index contributed by atoms with van der Waals surface area (Å²) >= 11 is 0. The molecule has 13 heavy (non-hydrogen) atoms. The molecular formula is C8H19O4P. The van der Waals surface area contributed by atoms with Gasteiger partial charge in [-0.1, -0.05) is 19.8 Å². The molecule has 0 saturated carbocycles. The SMILES string of the molecule is CCCCCOP(=O)(OC)OCC. The Morgan fingerprint density at radius 1 is 1.15 bits per heavy atom. The van der Waals surface area contributed by atoms with Crippen LogP contribution in [0.3, 0.4) is 0 Å². The van der Waals surface area contributed by atoms with E-state index in [0.717, 1.165) is 19.3 Å². The maximum atomic E-state index is 11.5. The van der Waals surface area contributed by atoms with Gasteiger partial charge in [-0.3, -0.25) is 13.6 Å². The third-order valence-corrected chi connectivity index (χ3v) is 3.03. The molecule has 4 nitrogen and oxygen atoms in total. The molecular weight excluding hydrogens is 191 g/mol. The van der Waals surface area contributed by atoms with Gasteiger partial charge in [-0.2, -0.15) is 0 Å². The number of hydrogen-bond acceptors (Lipinski definition) is 4. The van der Waals surface area contributed by atoms with E-state index in [1.54, 1.807) is 6.92 Å². The van der Waals surface area contributed by atoms with E-state index < -0.39 is 7.82 Å². The molecule has 5 heteroatoms. The van der Waals surface area contributed by atoms with E-state index in [9.17, 15) is 4.57 Å². The summed E-state index contributed by atoms with van der Waals surface area (Å²) in [5.74, 6) is 0. The Morgan fingerprint density at radius 3 is 2.31 bits per heavy atom. The predicted octanol–water partition coefficient (Wildman–Crippen LogP) is 2.98. The lowest BCUT2D eigenvalue weighted by Gasteiger charge is -2.14. The van der Waals surface area contributed by atoms with Crippen molar-refractivity contribution in [2.75, 3.05) is 20.3 Å². The number of unbranched alkanes of at least 4 members (excludes halogenated alkanes) is 2. The third kappa shape index (κ3) is 6.22. The van der Waals surface area contributed by atoms with Gasteiger partial charge in [0.25, 0.3) is 0 Å². The first-order valence-electron chi connectivity index (χ1n) is 4.63. The van der Waals surface area contributed by atoms with Crippen LogP contribution in [-0.4, -0.2) is 20.3 Å². The predicted molar refractivity (Wildman–Crippen MR) is 51.7 cm³/mol. The van der Waals surface area contributed by atoms with E-state index in [-0.39, 0.29) is 0 Å². The monoisotopic (exact) mass is 210 g/mol. The summed E-state index contributed by atoms with van der Waals surface area (Å²) in [4.78, 5) is 0. The second kappa shape index (κ2) is 7.51. The summed E-state index contributed by atoms with van der Waals surface area (Å²) in [7, 11) is -1.91. The Morgan fingerprint density at radius 2 is 1.85 bits per heavy atom. The van der Waals surface area contributed by atoms with Crippen molar-refractivity contribution in [3.63, 3.8) is 0 Å². The highest BCUT2D eigenvalue weighted by Crippen LogP contribution is 2.48. The minimum atomic E-state index is -3.24. The zero-order chi connectivity index (χ0) is 10.2. The number of phosphoric acid groups is 1. The molecule has 0 aromatic heterocycles. The molecule has 0 N–H and O–H groups in total. The molecule has 0 spiro atoms. The highest BCUT2D eigenvalue weighted by atomic mass is 31.2. The van der Waals surface area contributed by atoms with Crippen LogP contribution in [0.1, 0.15) is 33.1 Å². The van der Waals surface area contributed by atoms with Crippen molar-refractivity contribution in [3.05, 3.63) is 0 Å². The zero-order valence-corrected chi connectivity index (χ0v) is 9.51. The van der Waals surface area contributed by atoms with Crippen LogP contribution in [0.15, 0.2) is 0 Å². The van der Waals surface area contributed by atoms with Crippen molar-refractivity contribution in [1.29, 1.82) is 0 Å². The Kier molecular flexibility index (Phi) is 7.57. The van der Waals surface area contributed by atoms with Gasteiger partial charge in [0.15, 0.2) is 0 Å². The van der Waals surface area contributed by atoms with Gasteiger partial charge in [-0.05, 0) is 13.3 Å². The molecule has 0 radical (unpaired) electrons. The molecule has 1 unspecified atom stereocenters. The lowest BCUT2D eigenvalue weighted by atomic mass is 10.3. The molecule has 0 aliphatic rings. The van der Waals surface area contributed by atoms with Crippen molar-refractivity contribution in [3.8, 4) is 0 Å². The number of phosphoric ester groups is 1. The van der Waals surface area contributed by atoms with E-state index in [1.165, 1.54) is 7.11 Å². The number of hydrogen-bond donors (Lipinski definition) is 0. The molecule has 0 rings (SSSR count). The van der Waals surface area contributed by atoms with Crippen molar-refractivity contribution in [1.82, 2.24) is 0 Å². The fourth-order valence-electron chi connectivity index (χ4n) is 0.829. The second-order valence-electron chi connectivity index (χ2n) is 2.59. The molecule has 0 aliphatic heterocycles. The molecule has 0 aromatic rings. The lowest BCUT2D eigenvalue weighted by molar-refractivity contribution is 0.134. The molecule has 1 atom stereocenters. The molecule has 0 heterocycles. The quantitative estimate of drug-likeness (QED) is 0.456. The largest absolute Gasteiger partial charge is 0.474 e. The molecule has 0 saturated heterocycles. The first-order chi connectivity index (χ1) is 6.18. The summed E-state index contributed by atoms with van der Waals surface area (Å²) in [6.45, 7) is 4.61. The van der Waals surface area contributed by atoms with Gasteiger partial charge in [0, 0.05) is 7.11 Å². The van der Waals surface area contributed by atoms with Gasteiger partial charge >= 0.3 is 7.82 Å². The highest BCUT2D eigenvalue weighted by molar-refractivity contribution is 7.48. The van der Waals surface area contributed by atoms with Crippen LogP contribution in [0.5, 0.6) is 0 Å². The smallest absolute Gasteiger partial charge is 0.290 e. The molecule has 0 bridgehead atoms. The van der Waals surface area contributed by atoms with Gasteiger partial charge in [0.1, 0.15) is 0 Å². The fraction of sp³-hybridized carbons (Fsp3) is 1.00. The van der Waals surface area contributed by atoms with E-state index in [2.05, 4.69) is 11.4 Å². The number of rotatable bonds is 8. The van der Waals surface area contributed by atoms with E-state index in [0.29, 0.717) is 13.2 Å². The van der Waals surface area contributed by atoms with Gasteiger partial charge in [-0.15, -0.1) is 0 Å². The van der Waals surface area contributed by atoms with Crippen molar-refractivity contribution in [2.45, 2.75) is 33.1 Å². The average Bonchev–Trinajstić information content (AvgIpc) is 2.13. The lowest BCUT2D eigenvalue weighted by Crippen LogP contribution is -1.99. The topological polar surface area (TPSA) is 44.8 Å². The Hall–Kier alpha value is 0.110. The van der Waals surface area contributed by atoms with E-state index in [1.807, 2.05) is 0 Å². The average molecular weight is 210 g/mol. The Balaban J connectivity index is 3.64. The summed E-state index contributed by atoms with van der Waals surface area (Å²) in [6, 6.07) is 0. The van der Waals surface area contributed by atoms with E-state index >= 15 is 0 Å². The van der Waals surface area contributed by atoms with Crippen LogP contribution in [0.25, 0.3) is 0 Å². The molecule has 0 amide bonds. The minimum Gasteiger partial charge on any atom is -0.290 e. The Bertz CT molecular complexity index is 160. The van der Waals surface area contributed by atoms with Crippen molar-refractivity contribution >= 4 is 7.82 Å². The van der Waals surface area contributed by atoms with Crippen LogP contribution in [-0.2, 0) is 18.1 Å². The van der Waals surface area contributed by atoms with Gasteiger partial charge in [0.05, 0.1) is 13.2 Å². The summed E-state index contributed by atoms with van der Waals surface area (Å²) < 4.78 is 26.1. The van der Waals surface area contributed by atoms with Crippen LogP contribution in [0, 0.1) is 0 Å². The minimum absolute atomic E-state index is 0.332. The van der Waals surface area contributed by atoms with Crippen LogP contribution < -0.4 is 0 Å². The summed E-state index contributed by atoms with van der Waals surface area (Å²) in [5.41, 5.74) is 0. The van der Waals surface area contributed by atoms with Gasteiger partial charge < -0.3 is 0 Å². The van der Waals surface area contributed by atoms with Crippen LogP contribution in [0.2, 0.25) is 0 Å². The van der Waals surface area contributed by atoms with Crippen molar-refractivity contribution in [2.24, 2.45) is 0 Å². The maximum Gasteiger partial charge on any atom is 0.474 e. The standard InChI is InChI=1S/C8H19O4P/c1-4-6-7-8-12-13(9,10-3)11-5-2/h4-8H2,1-3H3. The Labute approximate surface area is 80.2 Å². The molecule has 80 valence electrons. The van der Waals surface area contributed by atoms with Gasteiger partial charge in [0.2, 0.25) is 0 Å². The molecule has 0 fully saturated rings. The van der Waals surface area contributed by atoms with Crippen LogP contribution >= 0.6 is 7.82 Å². The van der Waals surface area contributed by atoms with Gasteiger partial charge in [-0.25, -0.2) is 4.57 Å². The first kappa shape index (κ1) is 13.1. The summed E-state index contributed by atoms with van der Waals surface area (Å²) in [5, 5.41) is 0. The zero-order valence-electron chi connectivity index (χ0n) is 8.62. The van der Waals surface area contributed by atoms with E-state index in [4.69, 9.17) is 9.05 Å². The molecule has 0 aromatic carbocycles. The second-order valence-corrected chi connectivity index (χ2v) is 4.36. The first-order valence-corrected chi connectivity index (χ1v) is 6.09. The fourth-order valence-corrected chi connectivity index (χ4v) is 1.78. The highest BCUT2D eigenvalue weighted by Gasteiger charge is 2.23. The normalized spacial score (nSPS) is 15.6. The summed E-state index contributed by atoms with van der Waals surface area (Å²) in [6.07, 6.45) is 3.06.